The van der Waals surface area contributed by atoms with Crippen LogP contribution in [0.5, 0.6) is 0 Å². The highest BCUT2D eigenvalue weighted by molar-refractivity contribution is 7.99. The van der Waals surface area contributed by atoms with E-state index in [4.69, 9.17) is 15.0 Å². The fourth-order valence-corrected chi connectivity index (χ4v) is 12.0. The molecule has 3 aromatic heterocycles. The van der Waals surface area contributed by atoms with Gasteiger partial charge in [0.25, 0.3) is 0 Å². The maximum atomic E-state index is 5.31. The summed E-state index contributed by atoms with van der Waals surface area (Å²) < 4.78 is 2.29. The predicted molar refractivity (Wildman–Crippen MR) is 252 cm³/mol. The Bertz CT molecular complexity index is 3500. The third-order valence-electron chi connectivity index (χ3n) is 12.2. The molecule has 0 radical (unpaired) electrons. The summed E-state index contributed by atoms with van der Waals surface area (Å²) in [6.45, 7) is 6.69. The Hall–Kier alpha value is -6.92. The fourth-order valence-electron chi connectivity index (χ4n) is 9.70. The average molecular weight is 802 g/mol. The van der Waals surface area contributed by atoms with E-state index >= 15 is 0 Å². The van der Waals surface area contributed by atoms with Gasteiger partial charge < -0.3 is 0 Å². The van der Waals surface area contributed by atoms with E-state index in [1.807, 2.05) is 30.0 Å². The topological polar surface area (TPSA) is 38.7 Å². The Labute approximate surface area is 355 Å². The van der Waals surface area contributed by atoms with Gasteiger partial charge in [0.05, 0.1) is 32.4 Å². The van der Waals surface area contributed by atoms with Crippen LogP contribution in [0.1, 0.15) is 29.2 Å². The molecule has 0 saturated heterocycles. The van der Waals surface area contributed by atoms with Crippen LogP contribution < -0.4 is 10.6 Å². The van der Waals surface area contributed by atoms with Gasteiger partial charge in [0.15, 0.2) is 5.82 Å². The van der Waals surface area contributed by atoms with Gasteiger partial charge >= 0.3 is 0 Å². The van der Waals surface area contributed by atoms with E-state index in [0.717, 1.165) is 65.5 Å². The van der Waals surface area contributed by atoms with Crippen LogP contribution in [0.3, 0.4) is 0 Å². The molecule has 12 rings (SSSR count). The van der Waals surface area contributed by atoms with Crippen LogP contribution >= 0.6 is 23.1 Å². The Kier molecular flexibility index (Phi) is 7.93. The molecule has 7 aromatic carbocycles. The van der Waals surface area contributed by atoms with Gasteiger partial charge in [-0.3, -0.25) is 0 Å². The largest absolute Gasteiger partial charge is 0.248 e. The van der Waals surface area contributed by atoms with E-state index in [9.17, 15) is 0 Å². The van der Waals surface area contributed by atoms with Crippen LogP contribution in [0.15, 0.2) is 186 Å². The first-order valence-electron chi connectivity index (χ1n) is 20.2. The molecule has 0 saturated carbocycles. The minimum atomic E-state index is -0.475. The summed E-state index contributed by atoms with van der Waals surface area (Å²) in [5.74, 6) is 0.724. The minimum Gasteiger partial charge on any atom is -0.248 e. The normalized spacial score (nSPS) is 13.9. The van der Waals surface area contributed by atoms with E-state index in [-0.39, 0.29) is 0 Å². The van der Waals surface area contributed by atoms with Gasteiger partial charge in [-0.2, -0.15) is 0 Å². The van der Waals surface area contributed by atoms with Crippen LogP contribution in [-0.2, 0) is 5.41 Å². The van der Waals surface area contributed by atoms with Crippen LogP contribution in [-0.4, -0.2) is 15.0 Å². The van der Waals surface area contributed by atoms with Crippen molar-refractivity contribution >= 4 is 66.8 Å². The number of fused-ring (bicyclic) bond motifs is 14. The molecule has 1 aliphatic carbocycles. The SMILES string of the molecule is C=c1nc(-c2ccc(-c3nc(-c4ccccc4)nc4c3sc3ccccc34)cc2)c2ccc3c(c2/c1=C/C=C\C)-c1ccccc1C31c2ccccc2Sc2ccccc21. The van der Waals surface area contributed by atoms with Crippen molar-refractivity contribution in [3.8, 4) is 45.0 Å². The van der Waals surface area contributed by atoms with E-state index in [1.54, 1.807) is 11.3 Å². The van der Waals surface area contributed by atoms with Gasteiger partial charge in [-0.05, 0) is 58.5 Å². The molecular weight excluding hydrogens is 767 g/mol. The Morgan fingerprint density at radius 3 is 1.95 bits per heavy atom. The molecule has 1 spiro atoms. The Morgan fingerprint density at radius 1 is 0.550 bits per heavy atom. The summed E-state index contributed by atoms with van der Waals surface area (Å²) in [6, 6.07) is 59.2. The number of benzene rings is 7. The number of aromatic nitrogens is 3. The molecule has 4 heterocycles. The highest BCUT2D eigenvalue weighted by Crippen LogP contribution is 2.63. The number of rotatable bonds is 4. The molecule has 0 bridgehead atoms. The van der Waals surface area contributed by atoms with Gasteiger partial charge in [-0.1, -0.05) is 182 Å². The molecule has 282 valence electrons. The third kappa shape index (κ3) is 5.00. The molecule has 5 heteroatoms. The zero-order valence-corrected chi connectivity index (χ0v) is 34.3. The number of allylic oxidation sites excluding steroid dienone is 2. The number of hydrogen-bond acceptors (Lipinski definition) is 5. The molecule has 2 aliphatic rings. The Morgan fingerprint density at radius 2 is 1.20 bits per heavy atom. The zero-order chi connectivity index (χ0) is 40.0. The van der Waals surface area contributed by atoms with Crippen molar-refractivity contribution in [3.63, 3.8) is 0 Å². The molecule has 0 atom stereocenters. The maximum Gasteiger partial charge on any atom is 0.160 e. The summed E-state index contributed by atoms with van der Waals surface area (Å²) in [7, 11) is 0. The highest BCUT2D eigenvalue weighted by atomic mass is 32.2. The Balaban J connectivity index is 1.10. The summed E-state index contributed by atoms with van der Waals surface area (Å²) >= 11 is 3.62. The van der Waals surface area contributed by atoms with Crippen molar-refractivity contribution in [2.75, 3.05) is 0 Å². The van der Waals surface area contributed by atoms with Gasteiger partial charge in [0.1, 0.15) is 0 Å². The van der Waals surface area contributed by atoms with Gasteiger partial charge in [-0.15, -0.1) is 11.3 Å². The summed E-state index contributed by atoms with van der Waals surface area (Å²) in [5.41, 5.74) is 13.2. The second-order valence-corrected chi connectivity index (χ2v) is 17.6. The van der Waals surface area contributed by atoms with Crippen LogP contribution in [0.25, 0.3) is 88.8 Å². The van der Waals surface area contributed by atoms with Crippen LogP contribution in [0.4, 0.5) is 0 Å². The first kappa shape index (κ1) is 35.1. The van der Waals surface area contributed by atoms with Crippen molar-refractivity contribution in [1.29, 1.82) is 0 Å². The number of thiophene rings is 1. The second kappa shape index (κ2) is 13.6. The van der Waals surface area contributed by atoms with Crippen molar-refractivity contribution in [3.05, 3.63) is 209 Å². The maximum absolute atomic E-state index is 5.31. The highest BCUT2D eigenvalue weighted by Gasteiger charge is 2.50. The standard InChI is InChI=1S/C55H35N3S2/c1-3-4-18-37-33(2)56-50(34-27-29-35(30-28-34)51-53-52(39-20-9-13-24-45(39)60-53)58-54(57-51)36-16-6-5-7-17-36)40-31-32-44-49(48(37)40)38-19-8-10-21-41(38)55(44)42-22-11-14-25-46(42)59-47-26-15-12-23-43(47)55/h3-32H,2H2,1H3/b4-3-,37-18+. The molecule has 3 nitrogen and oxygen atoms in total. The molecule has 0 unspecified atom stereocenters. The lowest BCUT2D eigenvalue weighted by molar-refractivity contribution is 0.723. The molecule has 60 heavy (non-hydrogen) atoms. The summed E-state index contributed by atoms with van der Waals surface area (Å²) in [5, 5.41) is 5.22. The molecule has 1 aliphatic heterocycles. The van der Waals surface area contributed by atoms with Gasteiger partial charge in [0.2, 0.25) is 0 Å². The quantitative estimate of drug-likeness (QED) is 0.178. The lowest BCUT2D eigenvalue weighted by Crippen LogP contribution is -2.32. The van der Waals surface area contributed by atoms with E-state index < -0.39 is 5.41 Å². The third-order valence-corrected chi connectivity index (χ3v) is 14.6. The smallest absolute Gasteiger partial charge is 0.160 e. The van der Waals surface area contributed by atoms with Crippen molar-refractivity contribution in [2.45, 2.75) is 22.1 Å². The number of hydrogen-bond donors (Lipinski definition) is 0. The number of nitrogens with zero attached hydrogens (tertiary/aromatic N) is 3. The van der Waals surface area contributed by atoms with Crippen molar-refractivity contribution in [2.24, 2.45) is 0 Å². The van der Waals surface area contributed by atoms with Crippen LogP contribution in [0, 0.1) is 0 Å². The second-order valence-electron chi connectivity index (χ2n) is 15.4. The molecular formula is C55H35N3S2. The molecule has 0 N–H and O–H groups in total. The fraction of sp³-hybridized carbons (Fsp3) is 0.0364. The first-order valence-corrected chi connectivity index (χ1v) is 21.9. The minimum absolute atomic E-state index is 0.475. The zero-order valence-electron chi connectivity index (χ0n) is 32.7. The lowest BCUT2D eigenvalue weighted by Gasteiger charge is -2.39. The monoisotopic (exact) mass is 801 g/mol. The summed E-state index contributed by atoms with van der Waals surface area (Å²) in [6.07, 6.45) is 6.37. The van der Waals surface area contributed by atoms with Crippen LogP contribution in [0.2, 0.25) is 0 Å². The van der Waals surface area contributed by atoms with E-state index in [2.05, 4.69) is 177 Å². The molecule has 0 fully saturated rings. The predicted octanol–water partition coefficient (Wildman–Crippen LogP) is 13.0. The van der Waals surface area contributed by atoms with E-state index in [1.165, 1.54) is 53.3 Å². The first-order chi connectivity index (χ1) is 29.6. The van der Waals surface area contributed by atoms with Crippen molar-refractivity contribution in [1.82, 2.24) is 15.0 Å². The van der Waals surface area contributed by atoms with Gasteiger partial charge in [0, 0.05) is 52.6 Å². The van der Waals surface area contributed by atoms with Gasteiger partial charge in [-0.25, -0.2) is 15.0 Å². The van der Waals surface area contributed by atoms with Crippen molar-refractivity contribution < 1.29 is 0 Å². The number of pyridine rings is 1. The summed E-state index contributed by atoms with van der Waals surface area (Å²) in [4.78, 5) is 18.3. The molecule has 0 amide bonds. The lowest BCUT2D eigenvalue weighted by atomic mass is 9.67. The van der Waals surface area contributed by atoms with E-state index in [0.29, 0.717) is 0 Å². The molecule has 10 aromatic rings. The average Bonchev–Trinajstić information content (AvgIpc) is 3.83.